The SMILES string of the molecule is CCOC(=O)C1CCN(CCCc2ccc3c(O)occ3n2)CC1. The molecule has 130 valence electrons. The number of aromatic hydroxyl groups is 1. The molecule has 0 bridgehead atoms. The number of hydrogen-bond donors (Lipinski definition) is 1. The summed E-state index contributed by atoms with van der Waals surface area (Å²) in [6, 6.07) is 3.78. The van der Waals surface area contributed by atoms with Gasteiger partial charge in [0.25, 0.3) is 5.95 Å². The van der Waals surface area contributed by atoms with Crippen molar-refractivity contribution >= 4 is 16.9 Å². The average Bonchev–Trinajstić information content (AvgIpc) is 2.96. The van der Waals surface area contributed by atoms with Crippen LogP contribution in [0.15, 0.2) is 22.8 Å². The zero-order valence-electron chi connectivity index (χ0n) is 14.0. The molecule has 2 aromatic heterocycles. The second-order valence-corrected chi connectivity index (χ2v) is 6.25. The van der Waals surface area contributed by atoms with E-state index >= 15 is 0 Å². The van der Waals surface area contributed by atoms with Crippen LogP contribution in [0.4, 0.5) is 0 Å². The van der Waals surface area contributed by atoms with E-state index in [0.29, 0.717) is 17.5 Å². The lowest BCUT2D eigenvalue weighted by Crippen LogP contribution is -2.37. The van der Waals surface area contributed by atoms with E-state index in [2.05, 4.69) is 9.88 Å². The van der Waals surface area contributed by atoms with Crippen molar-refractivity contribution < 1.29 is 19.1 Å². The number of aromatic nitrogens is 1. The number of furan rings is 1. The van der Waals surface area contributed by atoms with E-state index in [1.54, 1.807) is 0 Å². The van der Waals surface area contributed by atoms with Crippen LogP contribution in [0.3, 0.4) is 0 Å². The number of carbonyl (C=O) groups is 1. The van der Waals surface area contributed by atoms with Crippen molar-refractivity contribution in [2.75, 3.05) is 26.2 Å². The summed E-state index contributed by atoms with van der Waals surface area (Å²) >= 11 is 0. The molecule has 0 aromatic carbocycles. The van der Waals surface area contributed by atoms with Crippen molar-refractivity contribution in [1.29, 1.82) is 0 Å². The number of likely N-dealkylation sites (tertiary alicyclic amines) is 1. The maximum Gasteiger partial charge on any atom is 0.309 e. The van der Waals surface area contributed by atoms with Crippen LogP contribution >= 0.6 is 0 Å². The van der Waals surface area contributed by atoms with Gasteiger partial charge in [0.1, 0.15) is 11.8 Å². The van der Waals surface area contributed by atoms with Crippen molar-refractivity contribution in [3.8, 4) is 5.95 Å². The number of aryl methyl sites for hydroxylation is 1. The molecule has 6 nitrogen and oxygen atoms in total. The molecule has 1 aliphatic heterocycles. The molecule has 0 atom stereocenters. The number of esters is 1. The van der Waals surface area contributed by atoms with Crippen LogP contribution in [0.1, 0.15) is 31.9 Å². The number of pyridine rings is 1. The Morgan fingerprint density at radius 3 is 2.96 bits per heavy atom. The third kappa shape index (κ3) is 3.87. The first-order valence-corrected chi connectivity index (χ1v) is 8.62. The van der Waals surface area contributed by atoms with Crippen LogP contribution in [0.5, 0.6) is 5.95 Å². The number of rotatable bonds is 6. The van der Waals surface area contributed by atoms with Gasteiger partial charge in [-0.25, -0.2) is 4.98 Å². The van der Waals surface area contributed by atoms with Crippen molar-refractivity contribution in [2.24, 2.45) is 5.92 Å². The molecule has 6 heteroatoms. The number of piperidine rings is 1. The molecule has 2 aromatic rings. The largest absolute Gasteiger partial charge is 0.480 e. The standard InChI is InChI=1S/C18H24N2O4/c1-2-23-17(21)13-7-10-20(11-8-13)9-3-4-14-5-6-15-16(19-14)12-24-18(15)22/h5-6,12-13,22H,2-4,7-11H2,1H3. The first-order valence-electron chi connectivity index (χ1n) is 8.62. The van der Waals surface area contributed by atoms with Gasteiger partial charge in [-0.1, -0.05) is 0 Å². The first kappa shape index (κ1) is 16.8. The second-order valence-electron chi connectivity index (χ2n) is 6.25. The third-order valence-corrected chi connectivity index (χ3v) is 4.61. The van der Waals surface area contributed by atoms with E-state index in [1.807, 2.05) is 19.1 Å². The van der Waals surface area contributed by atoms with Gasteiger partial charge in [0, 0.05) is 5.69 Å². The minimum absolute atomic E-state index is 0.0435. The quantitative estimate of drug-likeness (QED) is 0.820. The lowest BCUT2D eigenvalue weighted by Gasteiger charge is -2.30. The Hall–Kier alpha value is -2.08. The highest BCUT2D eigenvalue weighted by atomic mass is 16.5. The summed E-state index contributed by atoms with van der Waals surface area (Å²) in [5.74, 6) is -0.0504. The highest BCUT2D eigenvalue weighted by Gasteiger charge is 2.25. The Bertz CT molecular complexity index is 689. The summed E-state index contributed by atoms with van der Waals surface area (Å²) in [6.45, 7) is 5.22. The first-order chi connectivity index (χ1) is 11.7. The van der Waals surface area contributed by atoms with E-state index in [-0.39, 0.29) is 17.8 Å². The van der Waals surface area contributed by atoms with Crippen LogP contribution < -0.4 is 0 Å². The molecule has 0 unspecified atom stereocenters. The van der Waals surface area contributed by atoms with Gasteiger partial charge < -0.3 is 19.2 Å². The molecule has 0 radical (unpaired) electrons. The second kappa shape index (κ2) is 7.66. The predicted molar refractivity (Wildman–Crippen MR) is 89.8 cm³/mol. The minimum atomic E-state index is -0.0754. The van der Waals surface area contributed by atoms with E-state index < -0.39 is 0 Å². The van der Waals surface area contributed by atoms with Crippen LogP contribution in [0.25, 0.3) is 10.9 Å². The van der Waals surface area contributed by atoms with E-state index in [0.717, 1.165) is 51.0 Å². The number of ether oxygens (including phenoxy) is 1. The van der Waals surface area contributed by atoms with Gasteiger partial charge in [-0.3, -0.25) is 4.79 Å². The summed E-state index contributed by atoms with van der Waals surface area (Å²) < 4.78 is 10.1. The Kier molecular flexibility index (Phi) is 5.35. The van der Waals surface area contributed by atoms with Crippen molar-refractivity contribution in [1.82, 2.24) is 9.88 Å². The molecular weight excluding hydrogens is 308 g/mol. The topological polar surface area (TPSA) is 75.8 Å². The van der Waals surface area contributed by atoms with Crippen LogP contribution in [0.2, 0.25) is 0 Å². The highest BCUT2D eigenvalue weighted by Crippen LogP contribution is 2.25. The van der Waals surface area contributed by atoms with Crippen molar-refractivity contribution in [3.05, 3.63) is 24.1 Å². The summed E-state index contributed by atoms with van der Waals surface area (Å²) in [4.78, 5) is 18.6. The molecule has 0 spiro atoms. The molecule has 0 amide bonds. The Morgan fingerprint density at radius 2 is 2.21 bits per heavy atom. The fourth-order valence-electron chi connectivity index (χ4n) is 3.24. The molecule has 24 heavy (non-hydrogen) atoms. The predicted octanol–water partition coefficient (Wildman–Crippen LogP) is 2.74. The number of hydrogen-bond acceptors (Lipinski definition) is 6. The van der Waals surface area contributed by atoms with Crippen LogP contribution in [0, 0.1) is 5.92 Å². The Morgan fingerprint density at radius 1 is 1.42 bits per heavy atom. The maximum atomic E-state index is 11.7. The summed E-state index contributed by atoms with van der Waals surface area (Å²) in [6.07, 6.45) is 5.16. The maximum absolute atomic E-state index is 11.7. The number of fused-ring (bicyclic) bond motifs is 1. The minimum Gasteiger partial charge on any atom is -0.480 e. The normalized spacial score (nSPS) is 16.5. The lowest BCUT2D eigenvalue weighted by molar-refractivity contribution is -0.149. The Balaban J connectivity index is 1.42. The molecule has 0 saturated carbocycles. The molecule has 3 rings (SSSR count). The van der Waals surface area contributed by atoms with Gasteiger partial charge in [0.05, 0.1) is 17.9 Å². The molecule has 3 heterocycles. The molecule has 1 aliphatic rings. The zero-order chi connectivity index (χ0) is 16.9. The fraction of sp³-hybridized carbons (Fsp3) is 0.556. The van der Waals surface area contributed by atoms with E-state index in [4.69, 9.17) is 9.15 Å². The van der Waals surface area contributed by atoms with Gasteiger partial charge in [0.2, 0.25) is 0 Å². The Labute approximate surface area is 141 Å². The molecule has 1 N–H and O–H groups in total. The average molecular weight is 332 g/mol. The smallest absolute Gasteiger partial charge is 0.309 e. The van der Waals surface area contributed by atoms with E-state index in [1.165, 1.54) is 6.26 Å². The molecular formula is C18H24N2O4. The lowest BCUT2D eigenvalue weighted by atomic mass is 9.97. The summed E-state index contributed by atoms with van der Waals surface area (Å²) in [5, 5.41) is 10.1. The molecule has 1 fully saturated rings. The number of nitrogens with zero attached hydrogens (tertiary/aromatic N) is 2. The third-order valence-electron chi connectivity index (χ3n) is 4.61. The highest BCUT2D eigenvalue weighted by molar-refractivity contribution is 5.82. The van der Waals surface area contributed by atoms with Gasteiger partial charge in [0.15, 0.2) is 0 Å². The summed E-state index contributed by atoms with van der Waals surface area (Å²) in [5.41, 5.74) is 1.70. The van der Waals surface area contributed by atoms with Gasteiger partial charge in [-0.05, 0) is 64.4 Å². The van der Waals surface area contributed by atoms with Gasteiger partial charge in [-0.15, -0.1) is 0 Å². The molecule has 0 aliphatic carbocycles. The fourth-order valence-corrected chi connectivity index (χ4v) is 3.24. The summed E-state index contributed by atoms with van der Waals surface area (Å²) in [7, 11) is 0. The molecule has 1 saturated heterocycles. The zero-order valence-corrected chi connectivity index (χ0v) is 14.0. The van der Waals surface area contributed by atoms with Crippen molar-refractivity contribution in [2.45, 2.75) is 32.6 Å². The van der Waals surface area contributed by atoms with Crippen molar-refractivity contribution in [3.63, 3.8) is 0 Å². The number of carbonyl (C=O) groups excluding carboxylic acids is 1. The van der Waals surface area contributed by atoms with E-state index in [9.17, 15) is 9.90 Å². The van der Waals surface area contributed by atoms with Crippen LogP contribution in [-0.2, 0) is 16.0 Å². The monoisotopic (exact) mass is 332 g/mol. The van der Waals surface area contributed by atoms with Gasteiger partial charge >= 0.3 is 5.97 Å². The van der Waals surface area contributed by atoms with Gasteiger partial charge in [-0.2, -0.15) is 0 Å². The van der Waals surface area contributed by atoms with Crippen LogP contribution in [-0.4, -0.2) is 47.2 Å².